The highest BCUT2D eigenvalue weighted by Crippen LogP contribution is 2.34. The number of ether oxygens (including phenoxy) is 1. The van der Waals surface area contributed by atoms with Crippen molar-refractivity contribution in [3.05, 3.63) is 74.8 Å². The summed E-state index contributed by atoms with van der Waals surface area (Å²) in [5.41, 5.74) is 6.85. The van der Waals surface area contributed by atoms with Gasteiger partial charge >= 0.3 is 0 Å². The van der Waals surface area contributed by atoms with E-state index >= 15 is 0 Å². The third-order valence-corrected chi connectivity index (χ3v) is 9.89. The zero-order chi connectivity index (χ0) is 32.8. The van der Waals surface area contributed by atoms with E-state index in [1.165, 1.54) is 0 Å². The summed E-state index contributed by atoms with van der Waals surface area (Å²) in [6.45, 7) is 12.9. The molecule has 1 aromatic carbocycles. The number of likely N-dealkylation sites (tertiary alicyclic amines) is 1. The number of anilines is 2. The normalized spacial score (nSPS) is 16.4. The van der Waals surface area contributed by atoms with Gasteiger partial charge in [-0.2, -0.15) is 0 Å². The van der Waals surface area contributed by atoms with E-state index in [1.807, 2.05) is 32.2 Å². The number of benzene rings is 1. The van der Waals surface area contributed by atoms with Crippen molar-refractivity contribution in [2.75, 3.05) is 56.7 Å². The van der Waals surface area contributed by atoms with Crippen molar-refractivity contribution in [3.63, 3.8) is 0 Å². The van der Waals surface area contributed by atoms with E-state index in [9.17, 15) is 9.59 Å². The van der Waals surface area contributed by atoms with Crippen LogP contribution in [0.2, 0.25) is 0 Å². The van der Waals surface area contributed by atoms with Crippen molar-refractivity contribution in [1.82, 2.24) is 20.2 Å². The first-order valence-electron chi connectivity index (χ1n) is 17.1. The Hall–Kier alpha value is -3.69. The summed E-state index contributed by atoms with van der Waals surface area (Å²) in [5, 5.41) is 3.10. The highest BCUT2D eigenvalue weighted by Gasteiger charge is 2.26. The molecule has 0 saturated carbocycles. The quantitative estimate of drug-likeness (QED) is 0.291. The highest BCUT2D eigenvalue weighted by atomic mass is 16.5. The van der Waals surface area contributed by atoms with E-state index in [1.54, 1.807) is 0 Å². The van der Waals surface area contributed by atoms with Crippen LogP contribution in [0.15, 0.2) is 41.3 Å². The molecule has 4 heterocycles. The van der Waals surface area contributed by atoms with Crippen molar-refractivity contribution in [2.45, 2.75) is 84.8 Å². The van der Waals surface area contributed by atoms with Crippen molar-refractivity contribution in [1.29, 1.82) is 0 Å². The first-order valence-corrected chi connectivity index (χ1v) is 17.1. The van der Waals surface area contributed by atoms with Crippen LogP contribution in [0.3, 0.4) is 0 Å². The number of amides is 1. The second-order valence-electron chi connectivity index (χ2n) is 13.1. The Bertz CT molecular complexity index is 1540. The molecule has 0 spiro atoms. The highest BCUT2D eigenvalue weighted by molar-refractivity contribution is 5.99. The molecular formula is C37H52N6O3. The minimum absolute atomic E-state index is 0.136. The number of hydrogen-bond donors (Lipinski definition) is 2. The number of rotatable bonds is 11. The molecule has 0 atom stereocenters. The summed E-state index contributed by atoms with van der Waals surface area (Å²) in [6, 6.07) is 11.3. The first kappa shape index (κ1) is 33.7. The average molecular weight is 629 g/mol. The minimum atomic E-state index is -0.183. The van der Waals surface area contributed by atoms with Gasteiger partial charge < -0.3 is 29.7 Å². The lowest BCUT2D eigenvalue weighted by Gasteiger charge is -2.37. The second-order valence-corrected chi connectivity index (χ2v) is 13.1. The number of piperidine rings is 1. The van der Waals surface area contributed by atoms with Gasteiger partial charge in [-0.3, -0.25) is 9.59 Å². The molecule has 3 aromatic rings. The van der Waals surface area contributed by atoms with Gasteiger partial charge in [-0.15, -0.1) is 0 Å². The molecule has 2 N–H and O–H groups in total. The van der Waals surface area contributed by atoms with Gasteiger partial charge in [0.25, 0.3) is 11.5 Å². The number of hydrogen-bond acceptors (Lipinski definition) is 7. The molecule has 0 bridgehead atoms. The van der Waals surface area contributed by atoms with E-state index < -0.39 is 0 Å². The summed E-state index contributed by atoms with van der Waals surface area (Å²) < 4.78 is 5.68. The maximum absolute atomic E-state index is 14.0. The Morgan fingerprint density at radius 1 is 1.04 bits per heavy atom. The third kappa shape index (κ3) is 7.64. The Kier molecular flexibility index (Phi) is 11.2. The van der Waals surface area contributed by atoms with Gasteiger partial charge in [-0.25, -0.2) is 4.98 Å². The molecule has 5 rings (SSSR count). The Labute approximate surface area is 274 Å². The lowest BCUT2D eigenvalue weighted by Crippen LogP contribution is -2.42. The fourth-order valence-electron chi connectivity index (χ4n) is 7.09. The molecule has 2 aliphatic heterocycles. The molecule has 2 fully saturated rings. The first-order chi connectivity index (χ1) is 22.2. The fourth-order valence-corrected chi connectivity index (χ4v) is 7.09. The van der Waals surface area contributed by atoms with Gasteiger partial charge in [-0.05, 0) is 120 Å². The Morgan fingerprint density at radius 3 is 2.43 bits per heavy atom. The van der Waals surface area contributed by atoms with Crippen LogP contribution in [-0.4, -0.2) is 79.8 Å². The molecule has 2 aromatic heterocycles. The Balaban J connectivity index is 1.47. The lowest BCUT2D eigenvalue weighted by atomic mass is 9.95. The summed E-state index contributed by atoms with van der Waals surface area (Å²) in [7, 11) is 4.32. The van der Waals surface area contributed by atoms with Crippen LogP contribution < -0.4 is 20.7 Å². The molecular weight excluding hydrogens is 576 g/mol. The Morgan fingerprint density at radius 2 is 1.78 bits per heavy atom. The minimum Gasteiger partial charge on any atom is -0.381 e. The van der Waals surface area contributed by atoms with Crippen LogP contribution in [0.5, 0.6) is 0 Å². The van der Waals surface area contributed by atoms with Crippen molar-refractivity contribution < 1.29 is 9.53 Å². The van der Waals surface area contributed by atoms with Crippen molar-refractivity contribution in [2.24, 2.45) is 0 Å². The molecule has 0 unspecified atom stereocenters. The molecule has 2 saturated heterocycles. The lowest BCUT2D eigenvalue weighted by molar-refractivity contribution is 0.0846. The van der Waals surface area contributed by atoms with Crippen molar-refractivity contribution >= 4 is 17.4 Å². The smallest absolute Gasteiger partial charge is 0.253 e. The molecule has 46 heavy (non-hydrogen) atoms. The number of carbonyl (C=O) groups excluding carboxylic acids is 1. The summed E-state index contributed by atoms with van der Waals surface area (Å²) in [4.78, 5) is 41.8. The third-order valence-electron chi connectivity index (χ3n) is 9.89. The largest absolute Gasteiger partial charge is 0.381 e. The summed E-state index contributed by atoms with van der Waals surface area (Å²) >= 11 is 0. The molecule has 0 aliphatic carbocycles. The maximum atomic E-state index is 14.0. The van der Waals surface area contributed by atoms with Crippen LogP contribution in [0.4, 0.5) is 11.5 Å². The maximum Gasteiger partial charge on any atom is 0.253 e. The van der Waals surface area contributed by atoms with Crippen LogP contribution >= 0.6 is 0 Å². The van der Waals surface area contributed by atoms with Crippen LogP contribution in [0.1, 0.15) is 78.7 Å². The van der Waals surface area contributed by atoms with Gasteiger partial charge in [0.1, 0.15) is 5.82 Å². The summed E-state index contributed by atoms with van der Waals surface area (Å²) in [5.74, 6) is 0.782. The number of aromatic amines is 1. The van der Waals surface area contributed by atoms with Crippen LogP contribution in [0, 0.1) is 13.8 Å². The van der Waals surface area contributed by atoms with Gasteiger partial charge in [-0.1, -0.05) is 13.3 Å². The average Bonchev–Trinajstić information content (AvgIpc) is 3.06. The van der Waals surface area contributed by atoms with E-state index in [-0.39, 0.29) is 18.0 Å². The van der Waals surface area contributed by atoms with Gasteiger partial charge in [0.15, 0.2) is 0 Å². The number of pyridine rings is 2. The number of nitrogens with zero attached hydrogens (tertiary/aromatic N) is 4. The molecule has 1 amide bonds. The van der Waals surface area contributed by atoms with E-state index in [0.29, 0.717) is 23.2 Å². The number of nitrogens with one attached hydrogen (secondary N) is 2. The zero-order valence-electron chi connectivity index (χ0n) is 28.6. The predicted molar refractivity (Wildman–Crippen MR) is 187 cm³/mol. The number of aryl methyl sites for hydroxylation is 2. The molecule has 0 radical (unpaired) electrons. The van der Waals surface area contributed by atoms with Gasteiger partial charge in [0.2, 0.25) is 0 Å². The summed E-state index contributed by atoms with van der Waals surface area (Å²) in [6.07, 6.45) is 7.82. The van der Waals surface area contributed by atoms with Crippen LogP contribution in [-0.2, 0) is 17.7 Å². The SMILES string of the molecule is CCCc1cc(C)[nH]c(=O)c1CNC(=O)c1cc(-c2ccc(N(C)C3CCN(C)CC3)nc2)cc(N(CC)C2CCOCC2)c1C. The molecule has 2 aliphatic rings. The standard InChI is InChI=1S/C37H52N6O3/c1-7-9-27-20-25(3)40-37(45)33(27)24-39-36(44)32-21-29(22-34(26(32)4)43(8-2)31-14-18-46-19-15-31)28-10-11-35(38-23-28)42(6)30-12-16-41(5)17-13-30/h10-11,20-23,30-31H,7-9,12-19,24H2,1-6H3,(H,39,44)(H,40,45). The number of carbonyl (C=O) groups is 1. The molecule has 9 nitrogen and oxygen atoms in total. The van der Waals surface area contributed by atoms with E-state index in [4.69, 9.17) is 9.72 Å². The fraction of sp³-hybridized carbons (Fsp3) is 0.541. The second kappa shape index (κ2) is 15.3. The van der Waals surface area contributed by atoms with E-state index in [0.717, 1.165) is 111 Å². The number of aromatic nitrogens is 2. The topological polar surface area (TPSA) is 93.8 Å². The van der Waals surface area contributed by atoms with Gasteiger partial charge in [0.05, 0.1) is 0 Å². The van der Waals surface area contributed by atoms with Gasteiger partial charge in [0, 0.05) is 79.7 Å². The monoisotopic (exact) mass is 628 g/mol. The predicted octanol–water partition coefficient (Wildman–Crippen LogP) is 5.47. The molecule has 248 valence electrons. The number of H-pyrrole nitrogens is 1. The molecule has 9 heteroatoms. The van der Waals surface area contributed by atoms with Crippen LogP contribution in [0.25, 0.3) is 11.1 Å². The van der Waals surface area contributed by atoms with Crippen molar-refractivity contribution in [3.8, 4) is 11.1 Å². The zero-order valence-corrected chi connectivity index (χ0v) is 28.6. The van der Waals surface area contributed by atoms with E-state index in [2.05, 4.69) is 71.1 Å².